The highest BCUT2D eigenvalue weighted by Gasteiger charge is 2.31. The number of nitrogens with two attached hydrogens (primary N) is 1. The Hall–Kier alpha value is -1.30. The van der Waals surface area contributed by atoms with Crippen molar-refractivity contribution in [1.29, 1.82) is 0 Å². The largest absolute Gasteiger partial charge is 0.341 e. The quantitative estimate of drug-likeness (QED) is 0.735. The van der Waals surface area contributed by atoms with E-state index in [2.05, 4.69) is 10.6 Å². The van der Waals surface area contributed by atoms with Crippen molar-refractivity contribution < 1.29 is 9.59 Å². The Kier molecular flexibility index (Phi) is 5.67. The van der Waals surface area contributed by atoms with Crippen molar-refractivity contribution in [3.8, 4) is 0 Å². The van der Waals surface area contributed by atoms with Gasteiger partial charge < -0.3 is 21.3 Å². The van der Waals surface area contributed by atoms with Gasteiger partial charge in [0.25, 0.3) is 0 Å². The number of hydrogen-bond acceptors (Lipinski definition) is 3. The van der Waals surface area contributed by atoms with E-state index in [-0.39, 0.29) is 18.0 Å². The van der Waals surface area contributed by atoms with Gasteiger partial charge in [-0.3, -0.25) is 4.79 Å². The zero-order chi connectivity index (χ0) is 16.2. The average Bonchev–Trinajstić information content (AvgIpc) is 2.47. The molecule has 0 unspecified atom stereocenters. The zero-order valence-electron chi connectivity index (χ0n) is 13.9. The van der Waals surface area contributed by atoms with Crippen LogP contribution in [-0.2, 0) is 4.79 Å². The van der Waals surface area contributed by atoms with E-state index in [1.807, 2.05) is 0 Å². The van der Waals surface area contributed by atoms with Crippen LogP contribution < -0.4 is 16.4 Å². The van der Waals surface area contributed by atoms with E-state index in [1.54, 1.807) is 18.7 Å². The lowest BCUT2D eigenvalue weighted by molar-refractivity contribution is -0.136. The van der Waals surface area contributed by atoms with E-state index in [0.29, 0.717) is 19.1 Å². The highest BCUT2D eigenvalue weighted by Crippen LogP contribution is 2.18. The van der Waals surface area contributed by atoms with Crippen LogP contribution in [0.15, 0.2) is 0 Å². The molecule has 4 N–H and O–H groups in total. The van der Waals surface area contributed by atoms with Crippen LogP contribution in [0.25, 0.3) is 0 Å². The molecule has 0 aromatic heterocycles. The van der Waals surface area contributed by atoms with Crippen molar-refractivity contribution in [3.63, 3.8) is 0 Å². The number of amides is 3. The van der Waals surface area contributed by atoms with Crippen LogP contribution in [0.2, 0.25) is 0 Å². The minimum Gasteiger partial charge on any atom is -0.341 e. The standard InChI is InChI=1S/C16H30N4O2/c1-16(2,17)14(21)20-10-8-13(9-11-20)19-15(22)18-12-6-4-3-5-7-12/h12-13H,3-11,17H2,1-2H3,(H2,18,19,22). The summed E-state index contributed by atoms with van der Waals surface area (Å²) in [6.45, 7) is 4.79. The molecule has 0 radical (unpaired) electrons. The Balaban J connectivity index is 1.70. The Morgan fingerprint density at radius 3 is 1.95 bits per heavy atom. The topological polar surface area (TPSA) is 87.5 Å². The molecule has 1 saturated carbocycles. The summed E-state index contributed by atoms with van der Waals surface area (Å²) in [5.74, 6) is -0.0161. The Labute approximate surface area is 133 Å². The number of carbonyl (C=O) groups is 2. The molecule has 6 nitrogen and oxygen atoms in total. The molecule has 0 bridgehead atoms. The Bertz CT molecular complexity index is 391. The molecule has 1 aliphatic heterocycles. The summed E-state index contributed by atoms with van der Waals surface area (Å²) in [5.41, 5.74) is 5.04. The Morgan fingerprint density at radius 1 is 0.955 bits per heavy atom. The van der Waals surface area contributed by atoms with Crippen molar-refractivity contribution in [2.45, 2.75) is 76.4 Å². The summed E-state index contributed by atoms with van der Waals surface area (Å²) >= 11 is 0. The molecule has 3 amide bonds. The number of hydrogen-bond donors (Lipinski definition) is 3. The third-order valence-corrected chi connectivity index (χ3v) is 4.61. The molecule has 0 spiro atoms. The fraction of sp³-hybridized carbons (Fsp3) is 0.875. The lowest BCUT2D eigenvalue weighted by atomic mass is 9.96. The SMILES string of the molecule is CC(C)(N)C(=O)N1CCC(NC(=O)NC2CCCCC2)CC1. The van der Waals surface area contributed by atoms with Gasteiger partial charge in [0, 0.05) is 25.2 Å². The van der Waals surface area contributed by atoms with Crippen LogP contribution in [0.4, 0.5) is 4.79 Å². The molecule has 126 valence electrons. The van der Waals surface area contributed by atoms with Crippen molar-refractivity contribution in [2.24, 2.45) is 5.73 Å². The summed E-state index contributed by atoms with van der Waals surface area (Å²) in [6, 6.07) is 0.415. The van der Waals surface area contributed by atoms with Gasteiger partial charge in [-0.05, 0) is 39.5 Å². The highest BCUT2D eigenvalue weighted by atomic mass is 16.2. The maximum atomic E-state index is 12.1. The van der Waals surface area contributed by atoms with Crippen molar-refractivity contribution in [1.82, 2.24) is 15.5 Å². The summed E-state index contributed by atoms with van der Waals surface area (Å²) in [6.07, 6.45) is 7.46. The van der Waals surface area contributed by atoms with Gasteiger partial charge in [-0.25, -0.2) is 4.79 Å². The summed E-state index contributed by atoms with van der Waals surface area (Å²) in [5, 5.41) is 6.12. The number of likely N-dealkylation sites (tertiary alicyclic amines) is 1. The van der Waals surface area contributed by atoms with Crippen molar-refractivity contribution in [3.05, 3.63) is 0 Å². The molecule has 2 aliphatic rings. The number of carbonyl (C=O) groups excluding carboxylic acids is 2. The lowest BCUT2D eigenvalue weighted by Crippen LogP contribution is -2.56. The second-order valence-corrected chi connectivity index (χ2v) is 7.24. The number of piperidine rings is 1. The van der Waals surface area contributed by atoms with Gasteiger partial charge in [-0.2, -0.15) is 0 Å². The first-order valence-electron chi connectivity index (χ1n) is 8.51. The molecule has 0 aromatic rings. The van der Waals surface area contributed by atoms with Gasteiger partial charge in [0.15, 0.2) is 0 Å². The predicted molar refractivity (Wildman–Crippen MR) is 86.4 cm³/mol. The summed E-state index contributed by atoms with van der Waals surface area (Å²) < 4.78 is 0. The van der Waals surface area contributed by atoms with Crippen LogP contribution in [0.5, 0.6) is 0 Å². The van der Waals surface area contributed by atoms with E-state index in [9.17, 15) is 9.59 Å². The fourth-order valence-corrected chi connectivity index (χ4v) is 3.29. The molecule has 1 heterocycles. The predicted octanol–water partition coefficient (Wildman–Crippen LogP) is 1.35. The van der Waals surface area contributed by atoms with Gasteiger partial charge in [-0.1, -0.05) is 19.3 Å². The molecule has 1 saturated heterocycles. The molecular weight excluding hydrogens is 280 g/mol. The van der Waals surface area contributed by atoms with Crippen LogP contribution >= 0.6 is 0 Å². The average molecular weight is 310 g/mol. The van der Waals surface area contributed by atoms with Gasteiger partial charge >= 0.3 is 6.03 Å². The van der Waals surface area contributed by atoms with Gasteiger partial charge in [0.1, 0.15) is 0 Å². The second kappa shape index (κ2) is 7.31. The summed E-state index contributed by atoms with van der Waals surface area (Å²) in [7, 11) is 0. The zero-order valence-corrected chi connectivity index (χ0v) is 13.9. The monoisotopic (exact) mass is 310 g/mol. The first-order valence-corrected chi connectivity index (χ1v) is 8.51. The van der Waals surface area contributed by atoms with E-state index in [4.69, 9.17) is 5.73 Å². The number of urea groups is 1. The third-order valence-electron chi connectivity index (χ3n) is 4.61. The van der Waals surface area contributed by atoms with Gasteiger partial charge in [0.2, 0.25) is 5.91 Å². The smallest absolute Gasteiger partial charge is 0.315 e. The lowest BCUT2D eigenvalue weighted by Gasteiger charge is -2.36. The fourth-order valence-electron chi connectivity index (χ4n) is 3.29. The second-order valence-electron chi connectivity index (χ2n) is 7.24. The van der Waals surface area contributed by atoms with Crippen LogP contribution in [0.1, 0.15) is 58.8 Å². The van der Waals surface area contributed by atoms with E-state index < -0.39 is 5.54 Å². The first kappa shape index (κ1) is 17.1. The minimum atomic E-state index is -0.821. The maximum absolute atomic E-state index is 12.1. The van der Waals surface area contributed by atoms with Crippen LogP contribution in [-0.4, -0.2) is 47.6 Å². The van der Waals surface area contributed by atoms with Gasteiger partial charge in [-0.15, -0.1) is 0 Å². The van der Waals surface area contributed by atoms with E-state index in [0.717, 1.165) is 25.7 Å². The molecule has 6 heteroatoms. The summed E-state index contributed by atoms with van der Waals surface area (Å²) in [4.78, 5) is 25.9. The van der Waals surface area contributed by atoms with E-state index >= 15 is 0 Å². The molecule has 1 aliphatic carbocycles. The number of nitrogens with zero attached hydrogens (tertiary/aromatic N) is 1. The maximum Gasteiger partial charge on any atom is 0.315 e. The molecule has 2 rings (SSSR count). The number of rotatable bonds is 3. The molecule has 2 fully saturated rings. The van der Waals surface area contributed by atoms with Crippen molar-refractivity contribution >= 4 is 11.9 Å². The molecule has 0 atom stereocenters. The van der Waals surface area contributed by atoms with E-state index in [1.165, 1.54) is 19.3 Å². The molecular formula is C16H30N4O2. The third kappa shape index (κ3) is 4.87. The first-order chi connectivity index (χ1) is 10.4. The molecule has 22 heavy (non-hydrogen) atoms. The van der Waals surface area contributed by atoms with Gasteiger partial charge in [0.05, 0.1) is 5.54 Å². The number of nitrogens with one attached hydrogen (secondary N) is 2. The van der Waals surface area contributed by atoms with Crippen molar-refractivity contribution in [2.75, 3.05) is 13.1 Å². The normalized spacial score (nSPS) is 21.5. The van der Waals surface area contributed by atoms with Crippen LogP contribution in [0.3, 0.4) is 0 Å². The Morgan fingerprint density at radius 2 is 1.45 bits per heavy atom. The minimum absolute atomic E-state index is 0.0161. The molecule has 0 aromatic carbocycles. The van der Waals surface area contributed by atoms with Crippen LogP contribution in [0, 0.1) is 0 Å². The highest BCUT2D eigenvalue weighted by molar-refractivity contribution is 5.85.